The second-order valence-electron chi connectivity index (χ2n) is 5.05. The highest BCUT2D eigenvalue weighted by molar-refractivity contribution is 5.96. The van der Waals surface area contributed by atoms with Gasteiger partial charge in [0.05, 0.1) is 17.3 Å². The van der Waals surface area contributed by atoms with E-state index in [2.05, 4.69) is 10.1 Å². The largest absolute Gasteiger partial charge is 0.335 e. The zero-order valence-corrected chi connectivity index (χ0v) is 12.6. The Morgan fingerprint density at radius 1 is 1.40 bits per heavy atom. The first-order chi connectivity index (χ1) is 9.43. The average Bonchev–Trinajstić information content (AvgIpc) is 2.71. The highest BCUT2D eigenvalue weighted by atomic mass is 16.2. The fourth-order valence-electron chi connectivity index (χ4n) is 2.28. The molecular weight excluding hydrogens is 252 g/mol. The Bertz CT molecular complexity index is 618. The number of aryl methyl sites for hydroxylation is 2. The van der Waals surface area contributed by atoms with Crippen LogP contribution in [-0.2, 0) is 7.05 Å². The molecule has 0 aliphatic carbocycles. The van der Waals surface area contributed by atoms with Crippen LogP contribution in [0.4, 0.5) is 0 Å². The van der Waals surface area contributed by atoms with Crippen molar-refractivity contribution in [2.75, 3.05) is 7.05 Å². The van der Waals surface area contributed by atoms with Crippen LogP contribution < -0.4 is 0 Å². The van der Waals surface area contributed by atoms with Crippen molar-refractivity contribution in [1.29, 1.82) is 0 Å². The predicted octanol–water partition coefficient (Wildman–Crippen LogP) is 2.27. The molecular formula is C15H20N4O. The topological polar surface area (TPSA) is 51.0 Å². The summed E-state index contributed by atoms with van der Waals surface area (Å²) < 4.78 is 1.74. The molecule has 0 aromatic carbocycles. The molecule has 5 heteroatoms. The molecule has 0 aliphatic heterocycles. The molecule has 0 saturated heterocycles. The quantitative estimate of drug-likeness (QED) is 0.861. The van der Waals surface area contributed by atoms with Crippen molar-refractivity contribution in [1.82, 2.24) is 19.7 Å². The van der Waals surface area contributed by atoms with E-state index in [4.69, 9.17) is 0 Å². The van der Waals surface area contributed by atoms with E-state index in [-0.39, 0.29) is 11.9 Å². The lowest BCUT2D eigenvalue weighted by molar-refractivity contribution is 0.0741. The van der Waals surface area contributed by atoms with Gasteiger partial charge in [0.1, 0.15) is 0 Å². The maximum Gasteiger partial charge on any atom is 0.257 e. The fraction of sp³-hybridized carbons (Fsp3) is 0.400. The van der Waals surface area contributed by atoms with E-state index < -0.39 is 0 Å². The molecule has 0 saturated carbocycles. The van der Waals surface area contributed by atoms with Gasteiger partial charge in [-0.25, -0.2) is 0 Å². The van der Waals surface area contributed by atoms with E-state index in [1.807, 2.05) is 47.0 Å². The molecule has 0 radical (unpaired) electrons. The van der Waals surface area contributed by atoms with Gasteiger partial charge in [-0.05, 0) is 32.4 Å². The maximum absolute atomic E-state index is 12.7. The van der Waals surface area contributed by atoms with Crippen molar-refractivity contribution < 1.29 is 4.79 Å². The Morgan fingerprint density at radius 2 is 2.10 bits per heavy atom. The Morgan fingerprint density at radius 3 is 2.60 bits per heavy atom. The van der Waals surface area contributed by atoms with Gasteiger partial charge in [0.25, 0.3) is 5.91 Å². The molecule has 0 N–H and O–H groups in total. The molecule has 1 unspecified atom stereocenters. The van der Waals surface area contributed by atoms with E-state index in [9.17, 15) is 4.79 Å². The van der Waals surface area contributed by atoms with Gasteiger partial charge in [0, 0.05) is 32.2 Å². The van der Waals surface area contributed by atoms with Gasteiger partial charge in [-0.2, -0.15) is 5.10 Å². The minimum atomic E-state index is -0.0322. The third kappa shape index (κ3) is 2.43. The Hall–Kier alpha value is -2.17. The number of carbonyl (C=O) groups is 1. The average molecular weight is 272 g/mol. The van der Waals surface area contributed by atoms with Crippen LogP contribution in [0.15, 0.2) is 24.5 Å². The van der Waals surface area contributed by atoms with Gasteiger partial charge < -0.3 is 4.90 Å². The SMILES string of the molecule is Cc1nn(C)c(C)c1C(=O)N(C)C(C)c1cccnc1. The molecule has 106 valence electrons. The van der Waals surface area contributed by atoms with Crippen molar-refractivity contribution in [2.24, 2.45) is 7.05 Å². The molecule has 2 heterocycles. The first-order valence-electron chi connectivity index (χ1n) is 6.60. The number of rotatable bonds is 3. The van der Waals surface area contributed by atoms with E-state index in [0.717, 1.165) is 17.0 Å². The number of pyridine rings is 1. The minimum Gasteiger partial charge on any atom is -0.335 e. The zero-order valence-electron chi connectivity index (χ0n) is 12.6. The minimum absolute atomic E-state index is 0.00977. The molecule has 20 heavy (non-hydrogen) atoms. The fourth-order valence-corrected chi connectivity index (χ4v) is 2.28. The molecule has 0 fully saturated rings. The second-order valence-corrected chi connectivity index (χ2v) is 5.05. The smallest absolute Gasteiger partial charge is 0.257 e. The molecule has 2 aromatic rings. The van der Waals surface area contributed by atoms with Crippen LogP contribution in [0.5, 0.6) is 0 Å². The Labute approximate surface area is 119 Å². The summed E-state index contributed by atoms with van der Waals surface area (Å²) in [5.41, 5.74) is 3.35. The molecule has 2 aromatic heterocycles. The lowest BCUT2D eigenvalue weighted by atomic mass is 10.1. The van der Waals surface area contributed by atoms with Crippen molar-refractivity contribution in [2.45, 2.75) is 26.8 Å². The Kier molecular flexibility index (Phi) is 3.88. The number of amides is 1. The zero-order chi connectivity index (χ0) is 14.9. The molecule has 1 atom stereocenters. The summed E-state index contributed by atoms with van der Waals surface area (Å²) in [6.07, 6.45) is 3.52. The lowest BCUT2D eigenvalue weighted by Crippen LogP contribution is -2.30. The van der Waals surface area contributed by atoms with Gasteiger partial charge in [0.2, 0.25) is 0 Å². The Balaban J connectivity index is 2.29. The maximum atomic E-state index is 12.7. The summed E-state index contributed by atoms with van der Waals surface area (Å²) >= 11 is 0. The summed E-state index contributed by atoms with van der Waals surface area (Å²) in [5.74, 6) is -0.00977. The summed E-state index contributed by atoms with van der Waals surface area (Å²) in [6.45, 7) is 5.77. The van der Waals surface area contributed by atoms with Crippen LogP contribution in [0.25, 0.3) is 0 Å². The van der Waals surface area contributed by atoms with Gasteiger partial charge in [-0.3, -0.25) is 14.5 Å². The summed E-state index contributed by atoms with van der Waals surface area (Å²) in [6, 6.07) is 3.82. The number of carbonyl (C=O) groups excluding carboxylic acids is 1. The van der Waals surface area contributed by atoms with E-state index in [0.29, 0.717) is 5.56 Å². The highest BCUT2D eigenvalue weighted by Gasteiger charge is 2.24. The summed E-state index contributed by atoms with van der Waals surface area (Å²) in [4.78, 5) is 18.5. The van der Waals surface area contributed by atoms with Crippen LogP contribution in [0.2, 0.25) is 0 Å². The van der Waals surface area contributed by atoms with Crippen LogP contribution >= 0.6 is 0 Å². The number of aromatic nitrogens is 3. The number of hydrogen-bond donors (Lipinski definition) is 0. The van der Waals surface area contributed by atoms with Crippen LogP contribution in [0.1, 0.15) is 40.3 Å². The highest BCUT2D eigenvalue weighted by Crippen LogP contribution is 2.22. The molecule has 0 spiro atoms. The number of nitrogens with zero attached hydrogens (tertiary/aromatic N) is 4. The van der Waals surface area contributed by atoms with Crippen molar-refractivity contribution in [3.05, 3.63) is 47.0 Å². The van der Waals surface area contributed by atoms with Crippen molar-refractivity contribution in [3.8, 4) is 0 Å². The summed E-state index contributed by atoms with van der Waals surface area (Å²) in [5, 5.41) is 4.30. The van der Waals surface area contributed by atoms with Crippen LogP contribution in [0.3, 0.4) is 0 Å². The first kappa shape index (κ1) is 14.2. The summed E-state index contributed by atoms with van der Waals surface area (Å²) in [7, 11) is 3.66. The predicted molar refractivity (Wildman–Crippen MR) is 77.4 cm³/mol. The number of hydrogen-bond acceptors (Lipinski definition) is 3. The molecule has 5 nitrogen and oxygen atoms in total. The molecule has 0 aliphatic rings. The van der Waals surface area contributed by atoms with E-state index >= 15 is 0 Å². The monoisotopic (exact) mass is 272 g/mol. The van der Waals surface area contributed by atoms with E-state index in [1.54, 1.807) is 22.0 Å². The van der Waals surface area contributed by atoms with Crippen LogP contribution in [0, 0.1) is 13.8 Å². The van der Waals surface area contributed by atoms with Gasteiger partial charge >= 0.3 is 0 Å². The van der Waals surface area contributed by atoms with Crippen LogP contribution in [-0.4, -0.2) is 32.6 Å². The van der Waals surface area contributed by atoms with Gasteiger partial charge in [-0.1, -0.05) is 6.07 Å². The first-order valence-corrected chi connectivity index (χ1v) is 6.60. The third-order valence-corrected chi connectivity index (χ3v) is 3.79. The van der Waals surface area contributed by atoms with Crippen molar-refractivity contribution >= 4 is 5.91 Å². The normalized spacial score (nSPS) is 12.2. The lowest BCUT2D eigenvalue weighted by Gasteiger charge is -2.25. The van der Waals surface area contributed by atoms with Crippen molar-refractivity contribution in [3.63, 3.8) is 0 Å². The molecule has 2 rings (SSSR count). The third-order valence-electron chi connectivity index (χ3n) is 3.79. The standard InChI is InChI=1S/C15H20N4O/c1-10-14(12(3)19(5)17-10)15(20)18(4)11(2)13-7-6-8-16-9-13/h6-9,11H,1-5H3. The molecule has 1 amide bonds. The van der Waals surface area contributed by atoms with Gasteiger partial charge in [0.15, 0.2) is 0 Å². The second kappa shape index (κ2) is 5.45. The van der Waals surface area contributed by atoms with E-state index in [1.165, 1.54) is 0 Å². The molecule has 0 bridgehead atoms. The van der Waals surface area contributed by atoms with Gasteiger partial charge in [-0.15, -0.1) is 0 Å².